The Morgan fingerprint density at radius 2 is 1.22 bits per heavy atom. The number of fused-ring (bicyclic) bond motifs is 2. The van der Waals surface area contributed by atoms with Gasteiger partial charge in [0.05, 0.1) is 29.5 Å². The fourth-order valence-electron chi connectivity index (χ4n) is 14.9. The lowest BCUT2D eigenvalue weighted by Crippen LogP contribution is -2.50. The number of amides is 5. The summed E-state index contributed by atoms with van der Waals surface area (Å²) >= 11 is 0. The number of hydrogen-bond donors (Lipinski definition) is 1. The zero-order valence-electron chi connectivity index (χ0n) is 59.1. The van der Waals surface area contributed by atoms with Crippen molar-refractivity contribution in [1.82, 2.24) is 34.3 Å². The van der Waals surface area contributed by atoms with Crippen molar-refractivity contribution >= 4 is 72.6 Å². The van der Waals surface area contributed by atoms with E-state index in [1.165, 1.54) is 29.2 Å². The van der Waals surface area contributed by atoms with E-state index >= 15 is 0 Å². The molecule has 3 saturated heterocycles. The summed E-state index contributed by atoms with van der Waals surface area (Å²) in [5, 5.41) is 10.4. The van der Waals surface area contributed by atoms with Crippen LogP contribution in [0.3, 0.4) is 0 Å². The topological polar surface area (TPSA) is 150 Å². The number of para-hydroxylation sites is 1. The number of halogens is 10. The van der Waals surface area contributed by atoms with Crippen molar-refractivity contribution in [1.29, 1.82) is 0 Å². The normalized spacial score (nSPS) is 17.4. The monoisotopic (exact) mass is 1520 g/mol. The molecule has 16 nitrogen and oxygen atoms in total. The number of likely N-dealkylation sites (N-methyl/N-ethyl adjacent to an activating group) is 3. The summed E-state index contributed by atoms with van der Waals surface area (Å²) in [6.07, 6.45) is -6.75. The average Bonchev–Trinajstić information content (AvgIpc) is 1.60. The predicted octanol–water partition coefficient (Wildman–Crippen LogP) is 14.5. The van der Waals surface area contributed by atoms with Crippen molar-refractivity contribution in [2.45, 2.75) is 93.4 Å². The van der Waals surface area contributed by atoms with Crippen molar-refractivity contribution in [3.05, 3.63) is 231 Å². The molecule has 3 fully saturated rings. The number of ether oxygens (including phenoxy) is 2. The molecule has 26 heteroatoms. The zero-order chi connectivity index (χ0) is 72.5. The third-order valence-corrected chi connectivity index (χ3v) is 20.8. The lowest BCUT2D eigenvalue weighted by molar-refractivity contribution is -0.143. The largest absolute Gasteiger partial charge is 0.465 e. The van der Waals surface area contributed by atoms with Gasteiger partial charge < -0.3 is 48.9 Å². The molecule has 5 amide bonds. The van der Waals surface area contributed by atoms with Crippen LogP contribution in [-0.4, -0.2) is 195 Å². The quantitative estimate of drug-likeness (QED) is 0.0545. The smallest absolute Gasteiger partial charge is 0.416 e. The standard InChI is InChI=1S/C79H87F7N8O8.3ClH/c1-87(51-56-14-12-18-60(46-56)73(97)90(4)44-45-91-39-31-66(32-40-91)94(75(99)100)69-21-11-9-19-67(69)57-15-6-5-7-16-57)38-30-55-22-24-58(25-23-55)72(96)89(3)37-13-36-88(2)71(95)52-101-70-49-59-17-8-10-20-68(59)76(70)33-41-92(42-34-76)43-35-77(62-26-28-65(80)29-27-62)53-93(54-102-77)74(98)61-47-63(78(81,82)83)50-64(48-61)79(84,85)86;;;/h5-12,14-29,46-48,50,66,70H,13,30-45,49,51-54H2,1-4H3,(H,99,100);3*1H/t70-,77-;;;/m0.../s1. The first kappa shape index (κ1) is 82.5. The highest BCUT2D eigenvalue weighted by molar-refractivity contribution is 5.96. The van der Waals surface area contributed by atoms with E-state index in [0.717, 1.165) is 64.3 Å². The van der Waals surface area contributed by atoms with Gasteiger partial charge in [-0.2, -0.15) is 26.3 Å². The van der Waals surface area contributed by atoms with Gasteiger partial charge in [-0.15, -0.1) is 37.2 Å². The molecule has 7 aromatic carbocycles. The maximum atomic E-state index is 14.3. The van der Waals surface area contributed by atoms with Gasteiger partial charge in [-0.3, -0.25) is 24.1 Å². The number of carbonyl (C=O) groups excluding carboxylic acids is 4. The molecule has 0 unspecified atom stereocenters. The maximum Gasteiger partial charge on any atom is 0.416 e. The molecule has 105 heavy (non-hydrogen) atoms. The number of benzene rings is 7. The number of alkyl halides is 6. The van der Waals surface area contributed by atoms with Crippen LogP contribution in [-0.2, 0) is 57.0 Å². The van der Waals surface area contributed by atoms with Gasteiger partial charge in [0.1, 0.15) is 24.8 Å². The Morgan fingerprint density at radius 3 is 1.89 bits per heavy atom. The van der Waals surface area contributed by atoms with E-state index < -0.39 is 64.6 Å². The van der Waals surface area contributed by atoms with Crippen LogP contribution in [0.4, 0.5) is 41.2 Å². The summed E-state index contributed by atoms with van der Waals surface area (Å²) < 4.78 is 110. The highest BCUT2D eigenvalue weighted by atomic mass is 35.5. The SMILES string of the molecule is CN(CCc1ccc(C(=O)N(C)CCCN(C)C(=O)CO[C@H]2Cc3ccccc3C23CCN(CC[C@@]2(c4ccc(F)cc4)CN(C(=O)c4cc(C(F)(F)F)cc(C(F)(F)F)c4)CO2)CC3)cc1)Cc1cccc(C(=O)N(C)CCN2CCC(N(C(=O)O)c3ccccc3-c3ccccc3)CC2)c1.Cl.Cl.Cl. The number of carbonyl (C=O) groups is 5. The van der Waals surface area contributed by atoms with Crippen LogP contribution in [0.5, 0.6) is 0 Å². The second-order valence-corrected chi connectivity index (χ2v) is 27.6. The van der Waals surface area contributed by atoms with Crippen LogP contribution < -0.4 is 4.90 Å². The van der Waals surface area contributed by atoms with Crippen molar-refractivity contribution in [2.24, 2.45) is 0 Å². The van der Waals surface area contributed by atoms with Crippen LogP contribution in [0.2, 0.25) is 0 Å². The molecule has 0 bridgehead atoms. The minimum absolute atomic E-state index is 0. The molecule has 0 saturated carbocycles. The van der Waals surface area contributed by atoms with Crippen LogP contribution in [0, 0.1) is 5.82 Å². The predicted molar refractivity (Wildman–Crippen MR) is 396 cm³/mol. The first-order chi connectivity index (χ1) is 48.8. The van der Waals surface area contributed by atoms with Gasteiger partial charge in [0.2, 0.25) is 5.91 Å². The van der Waals surface area contributed by atoms with Crippen molar-refractivity contribution in [3.63, 3.8) is 0 Å². The van der Waals surface area contributed by atoms with Crippen molar-refractivity contribution < 1.29 is 69.3 Å². The van der Waals surface area contributed by atoms with Crippen molar-refractivity contribution in [3.8, 4) is 11.1 Å². The molecule has 0 aromatic heterocycles. The molecular weight excluding hydrogens is 1430 g/mol. The Balaban J connectivity index is 0.00000465. The van der Waals surface area contributed by atoms with Crippen LogP contribution in [0.25, 0.3) is 11.1 Å². The lowest BCUT2D eigenvalue weighted by atomic mass is 9.72. The minimum Gasteiger partial charge on any atom is -0.465 e. The Hall–Kier alpha value is -8.13. The van der Waals surface area contributed by atoms with Crippen LogP contribution in [0.15, 0.2) is 170 Å². The fraction of sp³-hybridized carbons (Fsp3) is 0.405. The first-order valence-electron chi connectivity index (χ1n) is 34.7. The van der Waals surface area contributed by atoms with E-state index in [1.807, 2.05) is 129 Å². The summed E-state index contributed by atoms with van der Waals surface area (Å²) in [5.41, 5.74) is 2.87. The lowest BCUT2D eigenvalue weighted by Gasteiger charge is -2.44. The summed E-state index contributed by atoms with van der Waals surface area (Å²) in [6, 6.07) is 47.0. The molecule has 564 valence electrons. The molecular formula is C79H90Cl3F7N8O8. The molecule has 2 atom stereocenters. The number of piperidine rings is 2. The number of anilines is 1. The summed E-state index contributed by atoms with van der Waals surface area (Å²) in [7, 11) is 7.32. The number of hydrogen-bond acceptors (Lipinski definition) is 10. The fourth-order valence-corrected chi connectivity index (χ4v) is 14.9. The molecule has 1 spiro atoms. The van der Waals surface area contributed by atoms with E-state index in [1.54, 1.807) is 28.8 Å². The van der Waals surface area contributed by atoms with Gasteiger partial charge in [-0.1, -0.05) is 109 Å². The van der Waals surface area contributed by atoms with Crippen molar-refractivity contribution in [2.75, 3.05) is 118 Å². The highest BCUT2D eigenvalue weighted by Gasteiger charge is 2.50. The molecule has 3 aliphatic heterocycles. The van der Waals surface area contributed by atoms with E-state index in [4.69, 9.17) is 9.47 Å². The molecule has 1 N–H and O–H groups in total. The third kappa shape index (κ3) is 19.9. The van der Waals surface area contributed by atoms with Gasteiger partial charge >= 0.3 is 18.4 Å². The number of nitrogens with zero attached hydrogens (tertiary/aromatic N) is 8. The molecule has 11 rings (SSSR count). The maximum absolute atomic E-state index is 14.3. The number of rotatable bonds is 25. The molecule has 0 radical (unpaired) electrons. The van der Waals surface area contributed by atoms with E-state index in [0.29, 0.717) is 125 Å². The van der Waals surface area contributed by atoms with Gasteiger partial charge in [-0.05, 0) is 166 Å². The zero-order valence-corrected chi connectivity index (χ0v) is 61.6. The Labute approximate surface area is 627 Å². The Bertz CT molecular complexity index is 4060. The summed E-state index contributed by atoms with van der Waals surface area (Å²) in [6.45, 7) is 5.63. The Kier molecular flexibility index (Phi) is 28.3. The second-order valence-electron chi connectivity index (χ2n) is 27.6. The molecule has 3 heterocycles. The van der Waals surface area contributed by atoms with Gasteiger partial charge in [0, 0.05) is 114 Å². The third-order valence-electron chi connectivity index (χ3n) is 20.8. The highest BCUT2D eigenvalue weighted by Crippen LogP contribution is 2.49. The van der Waals surface area contributed by atoms with Crippen LogP contribution in [0.1, 0.15) is 109 Å². The second kappa shape index (κ2) is 36.0. The van der Waals surface area contributed by atoms with Gasteiger partial charge in [-0.25, -0.2) is 9.18 Å². The van der Waals surface area contributed by atoms with E-state index in [9.17, 15) is 59.8 Å². The minimum atomic E-state index is -5.15. The Morgan fingerprint density at radius 1 is 0.610 bits per heavy atom. The number of carboxylic acid groups (broad SMARTS) is 1. The average molecular weight is 1520 g/mol. The summed E-state index contributed by atoms with van der Waals surface area (Å²) in [4.78, 5) is 81.9. The van der Waals surface area contributed by atoms with Gasteiger partial charge in [0.25, 0.3) is 17.7 Å². The molecule has 1 aliphatic carbocycles. The molecule has 4 aliphatic rings. The van der Waals surface area contributed by atoms with E-state index in [2.05, 4.69) is 26.8 Å². The van der Waals surface area contributed by atoms with Crippen LogP contribution >= 0.6 is 37.2 Å². The molecule has 7 aromatic rings. The number of likely N-dealkylation sites (tertiary alicyclic amines) is 2. The van der Waals surface area contributed by atoms with Gasteiger partial charge in [0.15, 0.2) is 0 Å². The first-order valence-corrected chi connectivity index (χ1v) is 34.7. The van der Waals surface area contributed by atoms with E-state index in [-0.39, 0.29) is 92.7 Å². The summed E-state index contributed by atoms with van der Waals surface area (Å²) in [5.74, 6) is -2.01.